The predicted octanol–water partition coefficient (Wildman–Crippen LogP) is 2.15. The summed E-state index contributed by atoms with van der Waals surface area (Å²) in [6.45, 7) is 7.28. The smallest absolute Gasteiger partial charge is 0.119 e. The number of hydrogen-bond acceptors (Lipinski definition) is 4. The molecule has 2 rings (SSSR count). The van der Waals surface area contributed by atoms with Crippen LogP contribution in [-0.2, 0) is 0 Å². The number of rotatable bonds is 8. The van der Waals surface area contributed by atoms with Crippen molar-refractivity contribution in [2.75, 3.05) is 39.9 Å². The molecule has 20 heavy (non-hydrogen) atoms. The number of hydrogen-bond donors (Lipinski definition) is 1. The summed E-state index contributed by atoms with van der Waals surface area (Å²) >= 11 is 0. The van der Waals surface area contributed by atoms with Crippen LogP contribution in [-0.4, -0.2) is 50.8 Å². The summed E-state index contributed by atoms with van der Waals surface area (Å²) in [5.41, 5.74) is 0. The van der Waals surface area contributed by atoms with Crippen molar-refractivity contribution < 1.29 is 9.47 Å². The molecule has 1 unspecified atom stereocenters. The molecule has 0 bridgehead atoms. The molecule has 1 aromatic rings. The van der Waals surface area contributed by atoms with Gasteiger partial charge < -0.3 is 14.8 Å². The van der Waals surface area contributed by atoms with Gasteiger partial charge in [0.25, 0.3) is 0 Å². The van der Waals surface area contributed by atoms with E-state index in [0.717, 1.165) is 37.7 Å². The van der Waals surface area contributed by atoms with Gasteiger partial charge in [0.05, 0.1) is 7.11 Å². The minimum Gasteiger partial charge on any atom is -0.497 e. The van der Waals surface area contributed by atoms with Crippen LogP contribution in [0.4, 0.5) is 0 Å². The second kappa shape index (κ2) is 8.12. The van der Waals surface area contributed by atoms with Gasteiger partial charge >= 0.3 is 0 Å². The molecule has 1 heterocycles. The molecule has 1 saturated heterocycles. The maximum absolute atomic E-state index is 5.78. The first-order chi connectivity index (χ1) is 9.81. The Kier molecular flexibility index (Phi) is 6.15. The van der Waals surface area contributed by atoms with E-state index < -0.39 is 0 Å². The molecule has 1 fully saturated rings. The Balaban J connectivity index is 1.69. The molecule has 1 aromatic carbocycles. The lowest BCUT2D eigenvalue weighted by molar-refractivity contribution is 0.203. The highest BCUT2D eigenvalue weighted by molar-refractivity contribution is 5.31. The van der Waals surface area contributed by atoms with Crippen LogP contribution in [0, 0.1) is 0 Å². The van der Waals surface area contributed by atoms with Crippen molar-refractivity contribution in [2.24, 2.45) is 0 Å². The minimum atomic E-state index is 0.663. The molecule has 0 spiro atoms. The second-order valence-electron chi connectivity index (χ2n) is 5.21. The Morgan fingerprint density at radius 2 is 2.00 bits per heavy atom. The highest BCUT2D eigenvalue weighted by Gasteiger charge is 2.16. The molecule has 0 radical (unpaired) electrons. The number of ether oxygens (including phenoxy) is 2. The molecule has 1 N–H and O–H groups in total. The topological polar surface area (TPSA) is 33.7 Å². The first kappa shape index (κ1) is 15.1. The monoisotopic (exact) mass is 278 g/mol. The molecule has 1 aliphatic rings. The third kappa shape index (κ3) is 4.69. The van der Waals surface area contributed by atoms with Crippen molar-refractivity contribution in [3.63, 3.8) is 0 Å². The first-order valence-electron chi connectivity index (χ1n) is 7.54. The molecular weight excluding hydrogens is 252 g/mol. The summed E-state index contributed by atoms with van der Waals surface area (Å²) in [7, 11) is 1.67. The quantitative estimate of drug-likeness (QED) is 0.790. The van der Waals surface area contributed by atoms with E-state index in [-0.39, 0.29) is 0 Å². The zero-order valence-electron chi connectivity index (χ0n) is 12.6. The second-order valence-corrected chi connectivity index (χ2v) is 5.21. The van der Waals surface area contributed by atoms with E-state index in [4.69, 9.17) is 9.47 Å². The largest absolute Gasteiger partial charge is 0.497 e. The van der Waals surface area contributed by atoms with Gasteiger partial charge in [0.15, 0.2) is 0 Å². The van der Waals surface area contributed by atoms with Crippen molar-refractivity contribution in [2.45, 2.75) is 25.8 Å². The Labute approximate surface area is 122 Å². The van der Waals surface area contributed by atoms with Crippen molar-refractivity contribution in [1.82, 2.24) is 10.2 Å². The predicted molar refractivity (Wildman–Crippen MR) is 81.6 cm³/mol. The maximum Gasteiger partial charge on any atom is 0.119 e. The highest BCUT2D eigenvalue weighted by Crippen LogP contribution is 2.17. The zero-order valence-corrected chi connectivity index (χ0v) is 12.6. The molecule has 0 saturated carbocycles. The lowest BCUT2D eigenvalue weighted by atomic mass is 10.2. The summed E-state index contributed by atoms with van der Waals surface area (Å²) in [6.07, 6.45) is 2.61. The van der Waals surface area contributed by atoms with Crippen LogP contribution in [0.25, 0.3) is 0 Å². The van der Waals surface area contributed by atoms with Crippen molar-refractivity contribution >= 4 is 0 Å². The molecule has 4 nitrogen and oxygen atoms in total. The maximum atomic E-state index is 5.78. The van der Waals surface area contributed by atoms with Crippen LogP contribution in [0.5, 0.6) is 11.5 Å². The van der Waals surface area contributed by atoms with E-state index in [9.17, 15) is 0 Å². The van der Waals surface area contributed by atoms with Gasteiger partial charge in [0.2, 0.25) is 0 Å². The van der Waals surface area contributed by atoms with Crippen molar-refractivity contribution in [3.8, 4) is 11.5 Å². The Hall–Kier alpha value is -1.26. The van der Waals surface area contributed by atoms with Crippen LogP contribution in [0.2, 0.25) is 0 Å². The number of nitrogens with one attached hydrogen (secondary N) is 1. The van der Waals surface area contributed by atoms with Crippen molar-refractivity contribution in [3.05, 3.63) is 24.3 Å². The van der Waals surface area contributed by atoms with Gasteiger partial charge in [-0.05, 0) is 50.2 Å². The first-order valence-corrected chi connectivity index (χ1v) is 7.54. The number of methoxy groups -OCH3 is 1. The van der Waals surface area contributed by atoms with E-state index in [0.29, 0.717) is 6.04 Å². The number of benzene rings is 1. The fourth-order valence-corrected chi connectivity index (χ4v) is 2.57. The Morgan fingerprint density at radius 3 is 2.60 bits per heavy atom. The van der Waals surface area contributed by atoms with Crippen LogP contribution >= 0.6 is 0 Å². The molecule has 1 atom stereocenters. The minimum absolute atomic E-state index is 0.663. The molecule has 112 valence electrons. The van der Waals surface area contributed by atoms with E-state index >= 15 is 0 Å². The van der Waals surface area contributed by atoms with E-state index in [1.807, 2.05) is 24.3 Å². The van der Waals surface area contributed by atoms with E-state index in [1.54, 1.807) is 7.11 Å². The fraction of sp³-hybridized carbons (Fsp3) is 0.625. The summed E-state index contributed by atoms with van der Waals surface area (Å²) < 4.78 is 10.9. The third-order valence-electron chi connectivity index (χ3n) is 3.82. The summed E-state index contributed by atoms with van der Waals surface area (Å²) in [5.74, 6) is 1.76. The van der Waals surface area contributed by atoms with E-state index in [2.05, 4.69) is 17.1 Å². The highest BCUT2D eigenvalue weighted by atomic mass is 16.5. The van der Waals surface area contributed by atoms with Gasteiger partial charge in [-0.1, -0.05) is 6.92 Å². The number of likely N-dealkylation sites (N-methyl/N-ethyl adjacent to an activating group) is 1. The molecule has 0 amide bonds. The lowest BCUT2D eigenvalue weighted by Gasteiger charge is -2.24. The zero-order chi connectivity index (χ0) is 14.2. The average molecular weight is 278 g/mol. The molecule has 0 aliphatic carbocycles. The Morgan fingerprint density at radius 1 is 1.25 bits per heavy atom. The van der Waals surface area contributed by atoms with Crippen LogP contribution in [0.15, 0.2) is 24.3 Å². The van der Waals surface area contributed by atoms with Gasteiger partial charge in [-0.3, -0.25) is 4.90 Å². The van der Waals surface area contributed by atoms with Gasteiger partial charge in [-0.2, -0.15) is 0 Å². The Bertz CT molecular complexity index is 375. The fourth-order valence-electron chi connectivity index (χ4n) is 2.57. The van der Waals surface area contributed by atoms with Crippen LogP contribution in [0.1, 0.15) is 19.8 Å². The number of nitrogens with zero attached hydrogens (tertiary/aromatic N) is 1. The van der Waals surface area contributed by atoms with Gasteiger partial charge in [0, 0.05) is 19.1 Å². The SMILES string of the molecule is CCN(CCOc1ccc(OC)cc1)CC1CCCN1. The van der Waals surface area contributed by atoms with E-state index in [1.165, 1.54) is 19.4 Å². The molecule has 1 aliphatic heterocycles. The molecular formula is C16H26N2O2. The third-order valence-corrected chi connectivity index (χ3v) is 3.82. The molecule has 0 aromatic heterocycles. The standard InChI is InChI=1S/C16H26N2O2/c1-3-18(13-14-5-4-10-17-14)11-12-20-16-8-6-15(19-2)7-9-16/h6-9,14,17H,3-5,10-13H2,1-2H3. The molecule has 4 heteroatoms. The normalized spacial score (nSPS) is 18.4. The summed E-state index contributed by atoms with van der Waals surface area (Å²) in [6, 6.07) is 8.42. The van der Waals surface area contributed by atoms with Gasteiger partial charge in [-0.15, -0.1) is 0 Å². The summed E-state index contributed by atoms with van der Waals surface area (Å²) in [4.78, 5) is 2.45. The summed E-state index contributed by atoms with van der Waals surface area (Å²) in [5, 5.41) is 3.55. The van der Waals surface area contributed by atoms with Gasteiger partial charge in [0.1, 0.15) is 18.1 Å². The van der Waals surface area contributed by atoms with Crippen LogP contribution < -0.4 is 14.8 Å². The lowest BCUT2D eigenvalue weighted by Crippen LogP contribution is -2.39. The average Bonchev–Trinajstić information content (AvgIpc) is 3.00. The van der Waals surface area contributed by atoms with Gasteiger partial charge in [-0.25, -0.2) is 0 Å². The van der Waals surface area contributed by atoms with Crippen molar-refractivity contribution in [1.29, 1.82) is 0 Å². The van der Waals surface area contributed by atoms with Crippen LogP contribution in [0.3, 0.4) is 0 Å².